The second-order valence-corrected chi connectivity index (χ2v) is 3.63. The lowest BCUT2D eigenvalue weighted by Crippen LogP contribution is -2.18. The molecule has 0 spiro atoms. The number of rotatable bonds is 4. The molecule has 0 aliphatic rings. The first-order chi connectivity index (χ1) is 6.72. The summed E-state index contributed by atoms with van der Waals surface area (Å²) in [7, 11) is 3.49. The molecule has 1 rings (SSSR count). The van der Waals surface area contributed by atoms with Crippen LogP contribution in [-0.2, 0) is 0 Å². The van der Waals surface area contributed by atoms with E-state index in [-0.39, 0.29) is 6.04 Å². The Morgan fingerprint density at radius 3 is 2.71 bits per heavy atom. The molecule has 0 heterocycles. The largest absolute Gasteiger partial charge is 0.496 e. The van der Waals surface area contributed by atoms with Crippen LogP contribution in [0, 0.1) is 0 Å². The van der Waals surface area contributed by atoms with Gasteiger partial charge in [0.15, 0.2) is 0 Å². The van der Waals surface area contributed by atoms with Crippen LogP contribution < -0.4 is 10.1 Å². The first kappa shape index (κ1) is 11.6. The molecule has 2 nitrogen and oxygen atoms in total. The van der Waals surface area contributed by atoms with Crippen molar-refractivity contribution < 1.29 is 4.74 Å². The zero-order chi connectivity index (χ0) is 10.6. The highest BCUT2D eigenvalue weighted by molar-refractivity contribution is 6.30. The molecule has 1 aromatic carbocycles. The Morgan fingerprint density at radius 1 is 1.50 bits per heavy atom. The summed E-state index contributed by atoms with van der Waals surface area (Å²) in [6, 6.07) is 5.56. The first-order valence-electron chi connectivity index (χ1n) is 4.29. The summed E-state index contributed by atoms with van der Waals surface area (Å²) in [5.41, 5.74) is 0.984. The molecule has 0 bridgehead atoms. The van der Waals surface area contributed by atoms with Gasteiger partial charge >= 0.3 is 0 Å². The number of alkyl halides is 1. The van der Waals surface area contributed by atoms with Gasteiger partial charge in [-0.1, -0.05) is 11.6 Å². The van der Waals surface area contributed by atoms with E-state index in [1.165, 1.54) is 0 Å². The van der Waals surface area contributed by atoms with E-state index in [4.69, 9.17) is 27.9 Å². The first-order valence-corrected chi connectivity index (χ1v) is 5.20. The Kier molecular flexibility index (Phi) is 4.52. The molecule has 14 heavy (non-hydrogen) atoms. The van der Waals surface area contributed by atoms with Gasteiger partial charge in [-0.15, -0.1) is 11.6 Å². The van der Waals surface area contributed by atoms with Crippen LogP contribution in [0.4, 0.5) is 0 Å². The highest BCUT2D eigenvalue weighted by Crippen LogP contribution is 2.28. The highest BCUT2D eigenvalue weighted by Gasteiger charge is 2.13. The molecule has 0 aliphatic heterocycles. The van der Waals surface area contributed by atoms with Crippen LogP contribution in [0.3, 0.4) is 0 Å². The van der Waals surface area contributed by atoms with E-state index in [0.29, 0.717) is 10.9 Å². The summed E-state index contributed by atoms with van der Waals surface area (Å²) in [5, 5.41) is 3.79. The lowest BCUT2D eigenvalue weighted by Gasteiger charge is -2.16. The molecule has 0 amide bonds. The van der Waals surface area contributed by atoms with Crippen LogP contribution in [0.25, 0.3) is 0 Å². The van der Waals surface area contributed by atoms with E-state index in [0.717, 1.165) is 11.3 Å². The number of ether oxygens (including phenoxy) is 1. The van der Waals surface area contributed by atoms with E-state index in [9.17, 15) is 0 Å². The average molecular weight is 234 g/mol. The van der Waals surface area contributed by atoms with Crippen LogP contribution >= 0.6 is 23.2 Å². The molecular weight excluding hydrogens is 221 g/mol. The standard InChI is InChI=1S/C10H13Cl2NO/c1-13-9(6-11)8-5-7(12)3-4-10(8)14-2/h3-5,9,13H,6H2,1-2H3. The highest BCUT2D eigenvalue weighted by atomic mass is 35.5. The molecule has 0 aromatic heterocycles. The van der Waals surface area contributed by atoms with E-state index in [2.05, 4.69) is 5.32 Å². The summed E-state index contributed by atoms with van der Waals surface area (Å²) in [6.07, 6.45) is 0. The van der Waals surface area contributed by atoms with Gasteiger partial charge in [0.25, 0.3) is 0 Å². The molecule has 0 aliphatic carbocycles. The number of hydrogen-bond donors (Lipinski definition) is 1. The predicted molar refractivity (Wildman–Crippen MR) is 60.5 cm³/mol. The fourth-order valence-corrected chi connectivity index (χ4v) is 1.79. The van der Waals surface area contributed by atoms with Crippen molar-refractivity contribution in [1.82, 2.24) is 5.32 Å². The Bertz CT molecular complexity index is 300. The smallest absolute Gasteiger partial charge is 0.123 e. The lowest BCUT2D eigenvalue weighted by molar-refractivity contribution is 0.404. The SMILES string of the molecule is CNC(CCl)c1cc(Cl)ccc1OC. The summed E-state index contributed by atoms with van der Waals surface area (Å²) in [4.78, 5) is 0. The van der Waals surface area contributed by atoms with Gasteiger partial charge < -0.3 is 10.1 Å². The van der Waals surface area contributed by atoms with Crippen molar-refractivity contribution in [2.45, 2.75) is 6.04 Å². The molecular formula is C10H13Cl2NO. The summed E-state index contributed by atoms with van der Waals surface area (Å²) < 4.78 is 5.23. The van der Waals surface area contributed by atoms with Crippen molar-refractivity contribution in [3.8, 4) is 5.75 Å². The molecule has 1 atom stereocenters. The molecule has 0 saturated carbocycles. The average Bonchev–Trinajstić information content (AvgIpc) is 2.20. The summed E-state index contributed by atoms with van der Waals surface area (Å²) in [6.45, 7) is 0. The molecule has 1 unspecified atom stereocenters. The van der Waals surface area contributed by atoms with Gasteiger partial charge in [0.1, 0.15) is 5.75 Å². The number of hydrogen-bond acceptors (Lipinski definition) is 2. The minimum absolute atomic E-state index is 0.0605. The van der Waals surface area contributed by atoms with Gasteiger partial charge in [-0.3, -0.25) is 0 Å². The van der Waals surface area contributed by atoms with Crippen molar-refractivity contribution in [2.75, 3.05) is 20.0 Å². The van der Waals surface area contributed by atoms with Crippen molar-refractivity contribution in [2.24, 2.45) is 0 Å². The van der Waals surface area contributed by atoms with Gasteiger partial charge in [-0.05, 0) is 25.2 Å². The molecule has 0 fully saturated rings. The fourth-order valence-electron chi connectivity index (χ4n) is 1.29. The Hall–Kier alpha value is -0.440. The van der Waals surface area contributed by atoms with Crippen molar-refractivity contribution in [3.05, 3.63) is 28.8 Å². The number of benzene rings is 1. The molecule has 0 saturated heterocycles. The Balaban J connectivity index is 3.08. The van der Waals surface area contributed by atoms with Gasteiger partial charge in [-0.25, -0.2) is 0 Å². The second kappa shape index (κ2) is 5.44. The van der Waals surface area contributed by atoms with Gasteiger partial charge in [0.05, 0.1) is 7.11 Å². The molecule has 78 valence electrons. The number of methoxy groups -OCH3 is 1. The number of nitrogens with one attached hydrogen (secondary N) is 1. The topological polar surface area (TPSA) is 21.3 Å². The lowest BCUT2D eigenvalue weighted by atomic mass is 10.1. The monoisotopic (exact) mass is 233 g/mol. The van der Waals surface area contributed by atoms with Gasteiger partial charge in [-0.2, -0.15) is 0 Å². The summed E-state index contributed by atoms with van der Waals surface area (Å²) >= 11 is 11.7. The maximum Gasteiger partial charge on any atom is 0.123 e. The zero-order valence-corrected chi connectivity index (χ0v) is 9.69. The van der Waals surface area contributed by atoms with E-state index in [1.807, 2.05) is 19.2 Å². The number of halogens is 2. The van der Waals surface area contributed by atoms with Crippen LogP contribution in [0.5, 0.6) is 5.75 Å². The third-order valence-corrected chi connectivity index (χ3v) is 2.61. The molecule has 1 aromatic rings. The fraction of sp³-hybridized carbons (Fsp3) is 0.400. The maximum atomic E-state index is 5.91. The van der Waals surface area contributed by atoms with Crippen LogP contribution in [-0.4, -0.2) is 20.0 Å². The minimum atomic E-state index is 0.0605. The third-order valence-electron chi connectivity index (χ3n) is 2.07. The van der Waals surface area contributed by atoms with Crippen molar-refractivity contribution >= 4 is 23.2 Å². The van der Waals surface area contributed by atoms with Crippen LogP contribution in [0.1, 0.15) is 11.6 Å². The molecule has 1 N–H and O–H groups in total. The third kappa shape index (κ3) is 2.53. The van der Waals surface area contributed by atoms with Gasteiger partial charge in [0.2, 0.25) is 0 Å². The predicted octanol–water partition coefficient (Wildman–Crippen LogP) is 2.85. The van der Waals surface area contributed by atoms with Crippen LogP contribution in [0.15, 0.2) is 18.2 Å². The summed E-state index contributed by atoms with van der Waals surface area (Å²) in [5.74, 6) is 1.28. The van der Waals surface area contributed by atoms with Gasteiger partial charge in [0, 0.05) is 22.5 Å². The van der Waals surface area contributed by atoms with Crippen molar-refractivity contribution in [3.63, 3.8) is 0 Å². The second-order valence-electron chi connectivity index (χ2n) is 2.88. The molecule has 0 radical (unpaired) electrons. The minimum Gasteiger partial charge on any atom is -0.496 e. The normalized spacial score (nSPS) is 12.6. The van der Waals surface area contributed by atoms with E-state index < -0.39 is 0 Å². The van der Waals surface area contributed by atoms with E-state index >= 15 is 0 Å². The zero-order valence-electron chi connectivity index (χ0n) is 8.18. The van der Waals surface area contributed by atoms with Crippen molar-refractivity contribution in [1.29, 1.82) is 0 Å². The molecule has 4 heteroatoms. The van der Waals surface area contributed by atoms with Crippen LogP contribution in [0.2, 0.25) is 5.02 Å². The Morgan fingerprint density at radius 2 is 2.21 bits per heavy atom. The maximum absolute atomic E-state index is 5.91. The van der Waals surface area contributed by atoms with E-state index in [1.54, 1.807) is 13.2 Å². The quantitative estimate of drug-likeness (QED) is 0.809. The Labute approximate surface area is 94.2 Å².